The van der Waals surface area contributed by atoms with E-state index in [0.29, 0.717) is 35.9 Å². The van der Waals surface area contributed by atoms with Gasteiger partial charge in [0.25, 0.3) is 5.91 Å². The monoisotopic (exact) mass is 480 g/mol. The van der Waals surface area contributed by atoms with E-state index in [2.05, 4.69) is 10.3 Å². The molecule has 9 heteroatoms. The van der Waals surface area contributed by atoms with Crippen LogP contribution in [0.4, 0.5) is 9.18 Å². The largest absolute Gasteiger partial charge is 0.493 e. The SMILES string of the molecule is Cc1cc([C@H](C)NC(=O)c2cc(Cn3ccn(C)c3=NC(=O)O)cc(OCC3CC3)c2)ccc1F. The molecule has 3 aromatic rings. The van der Waals surface area contributed by atoms with E-state index in [-0.39, 0.29) is 23.4 Å². The highest BCUT2D eigenvalue weighted by atomic mass is 19.1. The molecule has 1 atom stereocenters. The number of benzene rings is 2. The minimum Gasteiger partial charge on any atom is -0.493 e. The van der Waals surface area contributed by atoms with Gasteiger partial charge in [0.05, 0.1) is 19.2 Å². The molecular formula is C26H29FN4O4. The highest BCUT2D eigenvalue weighted by Gasteiger charge is 2.22. The lowest BCUT2D eigenvalue weighted by atomic mass is 10.0. The molecule has 4 rings (SSSR count). The summed E-state index contributed by atoms with van der Waals surface area (Å²) in [4.78, 5) is 28.0. The smallest absolute Gasteiger partial charge is 0.434 e. The number of rotatable bonds is 8. The Morgan fingerprint density at radius 2 is 2.00 bits per heavy atom. The number of imidazole rings is 1. The number of aromatic nitrogens is 2. The summed E-state index contributed by atoms with van der Waals surface area (Å²) in [5.74, 6) is 0.552. The van der Waals surface area contributed by atoms with Crippen LogP contribution in [0.25, 0.3) is 0 Å². The zero-order valence-corrected chi connectivity index (χ0v) is 20.0. The van der Waals surface area contributed by atoms with Gasteiger partial charge in [-0.05, 0) is 73.6 Å². The Hall–Kier alpha value is -3.88. The number of amides is 2. The zero-order valence-electron chi connectivity index (χ0n) is 20.0. The van der Waals surface area contributed by atoms with Gasteiger partial charge in [-0.2, -0.15) is 0 Å². The lowest BCUT2D eigenvalue weighted by molar-refractivity contribution is 0.0939. The summed E-state index contributed by atoms with van der Waals surface area (Å²) < 4.78 is 22.9. The molecule has 1 aromatic heterocycles. The zero-order chi connectivity index (χ0) is 25.1. The summed E-state index contributed by atoms with van der Waals surface area (Å²) >= 11 is 0. The third-order valence-electron chi connectivity index (χ3n) is 6.03. The van der Waals surface area contributed by atoms with Crippen molar-refractivity contribution >= 4 is 12.0 Å². The van der Waals surface area contributed by atoms with Gasteiger partial charge < -0.3 is 24.3 Å². The van der Waals surface area contributed by atoms with E-state index >= 15 is 0 Å². The molecule has 35 heavy (non-hydrogen) atoms. The Balaban J connectivity index is 1.60. The van der Waals surface area contributed by atoms with E-state index in [1.165, 1.54) is 6.07 Å². The van der Waals surface area contributed by atoms with Crippen molar-refractivity contribution in [1.82, 2.24) is 14.5 Å². The standard InChI is InChI=1S/C26H29FN4O4/c1-16-10-20(6-7-23(16)27)17(2)28-24(32)21-11-19(12-22(13-21)35-15-18-4-5-18)14-31-9-8-30(3)25(31)29-26(33)34/h6-13,17-18H,4-5,14-15H2,1-3H3,(H,28,32)(H,33,34)/t17-/m0/s1. The van der Waals surface area contributed by atoms with Crippen LogP contribution in [0.2, 0.25) is 0 Å². The Labute approximate surface area is 202 Å². The summed E-state index contributed by atoms with van der Waals surface area (Å²) in [5.41, 5.74) is 2.79. The number of aryl methyl sites for hydroxylation is 2. The van der Waals surface area contributed by atoms with Crippen LogP contribution in [0.1, 0.15) is 52.9 Å². The first-order chi connectivity index (χ1) is 16.7. The molecule has 1 aliphatic carbocycles. The minimum atomic E-state index is -1.29. The Bertz CT molecular complexity index is 1320. The molecule has 184 valence electrons. The lowest BCUT2D eigenvalue weighted by Gasteiger charge is -2.17. The van der Waals surface area contributed by atoms with E-state index in [4.69, 9.17) is 9.84 Å². The maximum absolute atomic E-state index is 13.6. The first kappa shape index (κ1) is 24.3. The van der Waals surface area contributed by atoms with Gasteiger partial charge in [0.2, 0.25) is 5.62 Å². The van der Waals surface area contributed by atoms with Gasteiger partial charge in [0.15, 0.2) is 0 Å². The number of nitrogens with one attached hydrogen (secondary N) is 1. The van der Waals surface area contributed by atoms with E-state index in [9.17, 15) is 14.0 Å². The Kier molecular flexibility index (Phi) is 7.04. The molecule has 2 N–H and O–H groups in total. The van der Waals surface area contributed by atoms with Gasteiger partial charge in [-0.15, -0.1) is 4.99 Å². The van der Waals surface area contributed by atoms with Gasteiger partial charge in [-0.3, -0.25) is 4.79 Å². The second kappa shape index (κ2) is 10.2. The number of nitrogens with zero attached hydrogens (tertiary/aromatic N) is 3. The van der Waals surface area contributed by atoms with Crippen LogP contribution < -0.4 is 15.7 Å². The van der Waals surface area contributed by atoms with Crippen LogP contribution in [0.3, 0.4) is 0 Å². The van der Waals surface area contributed by atoms with Gasteiger partial charge in [-0.25, -0.2) is 9.18 Å². The molecule has 0 radical (unpaired) electrons. The van der Waals surface area contributed by atoms with Crippen molar-refractivity contribution in [2.45, 2.75) is 39.3 Å². The van der Waals surface area contributed by atoms with Crippen LogP contribution in [0, 0.1) is 18.7 Å². The molecule has 2 amide bonds. The molecule has 0 bridgehead atoms. The fourth-order valence-electron chi connectivity index (χ4n) is 3.83. The van der Waals surface area contributed by atoms with Crippen molar-refractivity contribution in [1.29, 1.82) is 0 Å². The van der Waals surface area contributed by atoms with Crippen molar-refractivity contribution in [3.8, 4) is 5.75 Å². The van der Waals surface area contributed by atoms with Gasteiger partial charge >= 0.3 is 6.09 Å². The van der Waals surface area contributed by atoms with Crippen molar-refractivity contribution in [3.05, 3.63) is 82.5 Å². The van der Waals surface area contributed by atoms with Gasteiger partial charge in [-0.1, -0.05) is 12.1 Å². The van der Waals surface area contributed by atoms with E-state index in [1.54, 1.807) is 59.8 Å². The number of ether oxygens (including phenoxy) is 1. The average Bonchev–Trinajstić information content (AvgIpc) is 3.59. The summed E-state index contributed by atoms with van der Waals surface area (Å²) in [7, 11) is 1.71. The second-order valence-corrected chi connectivity index (χ2v) is 9.06. The third kappa shape index (κ3) is 6.17. The molecule has 8 nitrogen and oxygen atoms in total. The van der Waals surface area contributed by atoms with Gasteiger partial charge in [0.1, 0.15) is 11.6 Å². The van der Waals surface area contributed by atoms with Crippen LogP contribution in [0.5, 0.6) is 5.75 Å². The molecule has 0 aliphatic heterocycles. The lowest BCUT2D eigenvalue weighted by Crippen LogP contribution is -2.27. The number of hydrogen-bond donors (Lipinski definition) is 2. The van der Waals surface area contributed by atoms with E-state index in [0.717, 1.165) is 24.0 Å². The summed E-state index contributed by atoms with van der Waals surface area (Å²) in [6.45, 7) is 4.43. The maximum Gasteiger partial charge on any atom is 0.434 e. The van der Waals surface area contributed by atoms with E-state index in [1.807, 2.05) is 13.0 Å². The minimum absolute atomic E-state index is 0.271. The van der Waals surface area contributed by atoms with Crippen LogP contribution in [-0.4, -0.2) is 32.8 Å². The van der Waals surface area contributed by atoms with Gasteiger partial charge in [0, 0.05) is 25.0 Å². The molecule has 0 saturated heterocycles. The maximum atomic E-state index is 13.6. The summed E-state index contributed by atoms with van der Waals surface area (Å²) in [6, 6.07) is 9.78. The first-order valence-corrected chi connectivity index (χ1v) is 11.5. The highest BCUT2D eigenvalue weighted by molar-refractivity contribution is 5.95. The normalized spacial score (nSPS) is 14.6. The fraction of sp³-hybridized carbons (Fsp3) is 0.346. The fourth-order valence-corrected chi connectivity index (χ4v) is 3.83. The first-order valence-electron chi connectivity index (χ1n) is 11.5. The summed E-state index contributed by atoms with van der Waals surface area (Å²) in [6.07, 6.45) is 4.45. The van der Waals surface area contributed by atoms with Crippen LogP contribution in [0.15, 0.2) is 53.8 Å². The molecule has 0 unspecified atom stereocenters. The van der Waals surface area contributed by atoms with Crippen LogP contribution in [-0.2, 0) is 13.6 Å². The molecule has 1 heterocycles. The third-order valence-corrected chi connectivity index (χ3v) is 6.03. The second-order valence-electron chi connectivity index (χ2n) is 9.06. The molecule has 1 saturated carbocycles. The van der Waals surface area contributed by atoms with Crippen molar-refractivity contribution < 1.29 is 23.8 Å². The number of carbonyl (C=O) groups excluding carboxylic acids is 1. The van der Waals surface area contributed by atoms with Crippen molar-refractivity contribution in [3.63, 3.8) is 0 Å². The number of carboxylic acid groups (broad SMARTS) is 1. The van der Waals surface area contributed by atoms with Crippen LogP contribution >= 0.6 is 0 Å². The molecule has 1 fully saturated rings. The predicted molar refractivity (Wildman–Crippen MR) is 128 cm³/mol. The molecule has 0 spiro atoms. The van der Waals surface area contributed by atoms with Crippen molar-refractivity contribution in [2.75, 3.05) is 6.61 Å². The number of hydrogen-bond acceptors (Lipinski definition) is 3. The molecule has 2 aromatic carbocycles. The topological polar surface area (TPSA) is 97.9 Å². The average molecular weight is 481 g/mol. The number of halogens is 1. The van der Waals surface area contributed by atoms with Crippen molar-refractivity contribution in [2.24, 2.45) is 18.0 Å². The number of carbonyl (C=O) groups is 2. The predicted octanol–water partition coefficient (Wildman–Crippen LogP) is 4.18. The Morgan fingerprint density at radius 3 is 2.69 bits per heavy atom. The van der Waals surface area contributed by atoms with E-state index < -0.39 is 6.09 Å². The summed E-state index contributed by atoms with van der Waals surface area (Å²) in [5, 5.41) is 12.1. The Morgan fingerprint density at radius 1 is 1.23 bits per heavy atom. The molecule has 1 aliphatic rings. The molecular weight excluding hydrogens is 451 g/mol. The quantitative estimate of drug-likeness (QED) is 0.505. The highest BCUT2D eigenvalue weighted by Crippen LogP contribution is 2.30.